The van der Waals surface area contributed by atoms with Crippen LogP contribution in [0.1, 0.15) is 57.9 Å². The average molecular weight is 260 g/mol. The summed E-state index contributed by atoms with van der Waals surface area (Å²) in [5.74, 6) is 1.13. The van der Waals surface area contributed by atoms with E-state index in [-0.39, 0.29) is 0 Å². The summed E-state index contributed by atoms with van der Waals surface area (Å²) in [6.07, 6.45) is 2.63. The lowest BCUT2D eigenvalue weighted by Crippen LogP contribution is -2.26. The van der Waals surface area contributed by atoms with Gasteiger partial charge in [0, 0.05) is 6.04 Å². The van der Waals surface area contributed by atoms with Gasteiger partial charge in [0.2, 0.25) is 0 Å². The Balaban J connectivity index is 3.19. The molecular weight excluding hydrogens is 236 g/mol. The average Bonchev–Trinajstić information content (AvgIpc) is 2.42. The minimum atomic E-state index is 0.318. The van der Waals surface area contributed by atoms with Crippen molar-refractivity contribution < 1.29 is 0 Å². The molecule has 1 heterocycles. The Hall–Kier alpha value is -1.63. The van der Waals surface area contributed by atoms with Crippen molar-refractivity contribution in [3.05, 3.63) is 16.8 Å². The first-order valence-corrected chi connectivity index (χ1v) is 7.13. The van der Waals surface area contributed by atoms with E-state index in [1.165, 1.54) is 0 Å². The molecule has 0 aliphatic heterocycles. The smallest absolute Gasteiger partial charge is 0.167 e. The fraction of sp³-hybridized carbons (Fsp3) is 0.667. The van der Waals surface area contributed by atoms with Gasteiger partial charge in [0.15, 0.2) is 5.82 Å². The molecule has 0 amide bonds. The molecule has 104 valence electrons. The molecule has 4 heteroatoms. The Kier molecular flexibility index (Phi) is 5.75. The largest absolute Gasteiger partial charge is 0.364 e. The van der Waals surface area contributed by atoms with E-state index >= 15 is 0 Å². The first-order chi connectivity index (χ1) is 9.08. The van der Waals surface area contributed by atoms with E-state index < -0.39 is 0 Å². The lowest BCUT2D eigenvalue weighted by molar-refractivity contribution is 0.509. The molecule has 0 aliphatic rings. The summed E-state index contributed by atoms with van der Waals surface area (Å²) < 4.78 is 0. The molecule has 1 aromatic rings. The van der Waals surface area contributed by atoms with E-state index in [4.69, 9.17) is 0 Å². The van der Waals surface area contributed by atoms with Crippen molar-refractivity contribution >= 4 is 5.82 Å². The van der Waals surface area contributed by atoms with Gasteiger partial charge in [-0.25, -0.2) is 0 Å². The number of anilines is 1. The maximum Gasteiger partial charge on any atom is 0.167 e. The minimum absolute atomic E-state index is 0.318. The summed E-state index contributed by atoms with van der Waals surface area (Å²) in [4.78, 5) is 0. The minimum Gasteiger partial charge on any atom is -0.364 e. The lowest BCUT2D eigenvalue weighted by Gasteiger charge is -2.22. The van der Waals surface area contributed by atoms with Crippen LogP contribution in [0.4, 0.5) is 5.82 Å². The molecule has 1 unspecified atom stereocenters. The number of nitrogens with zero attached hydrogens (tertiary/aromatic N) is 3. The summed E-state index contributed by atoms with van der Waals surface area (Å²) in [7, 11) is 0. The van der Waals surface area contributed by atoms with Gasteiger partial charge in [-0.1, -0.05) is 34.6 Å². The second kappa shape index (κ2) is 7.08. The van der Waals surface area contributed by atoms with Crippen molar-refractivity contribution in [1.29, 1.82) is 5.26 Å². The van der Waals surface area contributed by atoms with Gasteiger partial charge in [-0.3, -0.25) is 0 Å². The maximum absolute atomic E-state index is 9.42. The molecule has 1 aromatic heterocycles. The molecule has 0 aromatic carbocycles. The Bertz CT molecular complexity index is 460. The fourth-order valence-corrected chi connectivity index (χ4v) is 2.31. The number of nitrogens with one attached hydrogen (secondary N) is 1. The third kappa shape index (κ3) is 3.44. The molecule has 19 heavy (non-hydrogen) atoms. The Morgan fingerprint density at radius 2 is 1.84 bits per heavy atom. The van der Waals surface area contributed by atoms with E-state index in [1.54, 1.807) is 0 Å². The van der Waals surface area contributed by atoms with Gasteiger partial charge in [-0.2, -0.15) is 10.4 Å². The van der Waals surface area contributed by atoms with Crippen LogP contribution in [-0.2, 0) is 12.8 Å². The van der Waals surface area contributed by atoms with Gasteiger partial charge in [-0.05, 0) is 30.7 Å². The zero-order valence-corrected chi connectivity index (χ0v) is 12.6. The van der Waals surface area contributed by atoms with Crippen molar-refractivity contribution in [1.82, 2.24) is 10.2 Å². The number of hydrogen-bond acceptors (Lipinski definition) is 4. The number of rotatable bonds is 6. The number of hydrogen-bond donors (Lipinski definition) is 1. The van der Waals surface area contributed by atoms with Crippen LogP contribution in [0.5, 0.6) is 0 Å². The van der Waals surface area contributed by atoms with Crippen molar-refractivity contribution in [2.45, 2.75) is 59.9 Å². The Morgan fingerprint density at radius 1 is 1.16 bits per heavy atom. The highest BCUT2D eigenvalue weighted by molar-refractivity contribution is 5.56. The second-order valence-corrected chi connectivity index (χ2v) is 5.07. The van der Waals surface area contributed by atoms with Crippen molar-refractivity contribution in [3.63, 3.8) is 0 Å². The first kappa shape index (κ1) is 15.4. The normalized spacial score (nSPS) is 12.3. The van der Waals surface area contributed by atoms with Crippen LogP contribution in [0.2, 0.25) is 0 Å². The van der Waals surface area contributed by atoms with Gasteiger partial charge in [0.25, 0.3) is 0 Å². The molecule has 4 nitrogen and oxygen atoms in total. The molecule has 0 radical (unpaired) electrons. The molecule has 1 N–H and O–H groups in total. The molecule has 0 bridgehead atoms. The van der Waals surface area contributed by atoms with Crippen LogP contribution in [-0.4, -0.2) is 16.2 Å². The van der Waals surface area contributed by atoms with E-state index in [9.17, 15) is 5.26 Å². The maximum atomic E-state index is 9.42. The summed E-state index contributed by atoms with van der Waals surface area (Å²) in [6.45, 7) is 10.6. The molecule has 0 saturated carbocycles. The molecule has 1 rings (SSSR count). The predicted octanol–water partition coefficient (Wildman–Crippen LogP) is 3.32. The summed E-state index contributed by atoms with van der Waals surface area (Å²) in [5, 5.41) is 21.3. The Labute approximate surface area is 116 Å². The van der Waals surface area contributed by atoms with Gasteiger partial charge in [0.1, 0.15) is 11.6 Å². The monoisotopic (exact) mass is 260 g/mol. The summed E-state index contributed by atoms with van der Waals surface area (Å²) in [5.41, 5.74) is 2.62. The molecular formula is C15H24N4. The summed E-state index contributed by atoms with van der Waals surface area (Å²) >= 11 is 0. The third-order valence-corrected chi connectivity index (χ3v) is 3.52. The van der Waals surface area contributed by atoms with Crippen LogP contribution in [0, 0.1) is 17.2 Å². The topological polar surface area (TPSA) is 61.6 Å². The van der Waals surface area contributed by atoms with E-state index in [2.05, 4.69) is 49.3 Å². The van der Waals surface area contributed by atoms with Crippen molar-refractivity contribution in [3.8, 4) is 6.07 Å². The SMILES string of the molecule is CCc1nnc(NC(CC)C(C)C)c(C#N)c1CC. The molecule has 0 fully saturated rings. The molecule has 0 saturated heterocycles. The molecule has 1 atom stereocenters. The first-order valence-electron chi connectivity index (χ1n) is 7.13. The highest BCUT2D eigenvalue weighted by Gasteiger charge is 2.18. The summed E-state index contributed by atoms with van der Waals surface area (Å²) in [6, 6.07) is 2.61. The van der Waals surface area contributed by atoms with E-state index in [1.807, 2.05) is 6.92 Å². The van der Waals surface area contributed by atoms with Crippen LogP contribution in [0.15, 0.2) is 0 Å². The van der Waals surface area contributed by atoms with Crippen molar-refractivity contribution in [2.75, 3.05) is 5.32 Å². The van der Waals surface area contributed by atoms with Crippen LogP contribution >= 0.6 is 0 Å². The fourth-order valence-electron chi connectivity index (χ4n) is 2.31. The molecule has 0 spiro atoms. The number of nitriles is 1. The van der Waals surface area contributed by atoms with Gasteiger partial charge in [-0.15, -0.1) is 5.10 Å². The van der Waals surface area contributed by atoms with Gasteiger partial charge in [0.05, 0.1) is 5.69 Å². The van der Waals surface area contributed by atoms with Crippen LogP contribution in [0.3, 0.4) is 0 Å². The van der Waals surface area contributed by atoms with Crippen LogP contribution < -0.4 is 5.32 Å². The highest BCUT2D eigenvalue weighted by Crippen LogP contribution is 2.22. The standard InChI is InChI=1S/C15H24N4/c1-6-11-12(9-16)15(19-18-14(11)8-3)17-13(7-2)10(4)5/h10,13H,6-8H2,1-5H3,(H,17,19). The van der Waals surface area contributed by atoms with Crippen LogP contribution in [0.25, 0.3) is 0 Å². The van der Waals surface area contributed by atoms with Crippen molar-refractivity contribution in [2.24, 2.45) is 5.92 Å². The van der Waals surface area contributed by atoms with Gasteiger partial charge < -0.3 is 5.32 Å². The quantitative estimate of drug-likeness (QED) is 0.852. The lowest BCUT2D eigenvalue weighted by atomic mass is 10.00. The van der Waals surface area contributed by atoms with E-state index in [0.29, 0.717) is 23.3 Å². The number of aromatic nitrogens is 2. The molecule has 0 aliphatic carbocycles. The second-order valence-electron chi connectivity index (χ2n) is 5.07. The zero-order valence-electron chi connectivity index (χ0n) is 12.6. The highest BCUT2D eigenvalue weighted by atomic mass is 15.2. The third-order valence-electron chi connectivity index (χ3n) is 3.52. The zero-order chi connectivity index (χ0) is 14.4. The Morgan fingerprint density at radius 3 is 2.26 bits per heavy atom. The predicted molar refractivity (Wildman–Crippen MR) is 78.0 cm³/mol. The van der Waals surface area contributed by atoms with Gasteiger partial charge >= 0.3 is 0 Å². The van der Waals surface area contributed by atoms with E-state index in [0.717, 1.165) is 30.5 Å². The number of aryl methyl sites for hydroxylation is 1.